The summed E-state index contributed by atoms with van der Waals surface area (Å²) in [5, 5.41) is 5.92. The number of halogens is 1. The minimum Gasteiger partial charge on any atom is -0.493 e. The van der Waals surface area contributed by atoms with E-state index in [-0.39, 0.29) is 11.9 Å². The molecule has 146 valence electrons. The molecule has 3 amide bonds. The van der Waals surface area contributed by atoms with Crippen LogP contribution in [0.3, 0.4) is 0 Å². The summed E-state index contributed by atoms with van der Waals surface area (Å²) in [5.41, 5.74) is 1.53. The molecule has 1 fully saturated rings. The molecule has 7 heteroatoms. The summed E-state index contributed by atoms with van der Waals surface area (Å²) in [7, 11) is 0. The highest BCUT2D eigenvalue weighted by Crippen LogP contribution is 2.31. The van der Waals surface area contributed by atoms with Crippen LogP contribution in [0, 0.1) is 0 Å². The molecule has 1 unspecified atom stereocenters. The number of hydrogen-bond acceptors (Lipinski definition) is 3. The topological polar surface area (TPSA) is 70.7 Å². The molecule has 2 N–H and O–H groups in total. The number of benzene rings is 2. The Labute approximate surface area is 168 Å². The Morgan fingerprint density at radius 1 is 1.11 bits per heavy atom. The molecule has 1 saturated heterocycles. The van der Waals surface area contributed by atoms with Gasteiger partial charge in [0.15, 0.2) is 0 Å². The number of carbonyl (C=O) groups excluding carboxylic acids is 2. The van der Waals surface area contributed by atoms with E-state index in [0.29, 0.717) is 34.3 Å². The second-order valence-electron chi connectivity index (χ2n) is 7.06. The summed E-state index contributed by atoms with van der Waals surface area (Å²) in [5.74, 6) is 0.528. The Morgan fingerprint density at radius 2 is 1.96 bits per heavy atom. The summed E-state index contributed by atoms with van der Waals surface area (Å²) in [6, 6.07) is 12.0. The van der Waals surface area contributed by atoms with Crippen molar-refractivity contribution in [2.24, 2.45) is 0 Å². The van der Waals surface area contributed by atoms with Gasteiger partial charge in [0.1, 0.15) is 5.75 Å². The Kier molecular flexibility index (Phi) is 5.39. The van der Waals surface area contributed by atoms with Crippen LogP contribution >= 0.6 is 11.6 Å². The average Bonchev–Trinajstić information content (AvgIpc) is 2.69. The van der Waals surface area contributed by atoms with Crippen molar-refractivity contribution >= 4 is 34.9 Å². The predicted molar refractivity (Wildman–Crippen MR) is 109 cm³/mol. The van der Waals surface area contributed by atoms with Crippen molar-refractivity contribution in [3.63, 3.8) is 0 Å². The molecule has 0 radical (unpaired) electrons. The summed E-state index contributed by atoms with van der Waals surface area (Å²) in [6.07, 6.45) is 4.04. The van der Waals surface area contributed by atoms with E-state index in [0.717, 1.165) is 32.2 Å². The van der Waals surface area contributed by atoms with E-state index in [1.165, 1.54) is 0 Å². The van der Waals surface area contributed by atoms with E-state index in [1.807, 2.05) is 4.90 Å². The van der Waals surface area contributed by atoms with E-state index in [9.17, 15) is 9.59 Å². The van der Waals surface area contributed by atoms with Crippen LogP contribution in [0.1, 0.15) is 36.0 Å². The van der Waals surface area contributed by atoms with Gasteiger partial charge in [-0.2, -0.15) is 0 Å². The maximum absolute atomic E-state index is 13.1. The molecule has 2 aliphatic heterocycles. The van der Waals surface area contributed by atoms with Crippen molar-refractivity contribution in [1.29, 1.82) is 0 Å². The van der Waals surface area contributed by atoms with Crippen molar-refractivity contribution in [1.82, 2.24) is 4.90 Å². The first-order valence-electron chi connectivity index (χ1n) is 9.52. The number of nitrogens with one attached hydrogen (secondary N) is 2. The van der Waals surface area contributed by atoms with Crippen molar-refractivity contribution in [2.45, 2.75) is 31.7 Å². The lowest BCUT2D eigenvalue weighted by Gasteiger charge is -2.37. The summed E-state index contributed by atoms with van der Waals surface area (Å²) >= 11 is 6.07. The van der Waals surface area contributed by atoms with E-state index in [2.05, 4.69) is 10.6 Å². The number of rotatable bonds is 2. The summed E-state index contributed by atoms with van der Waals surface area (Å²) in [4.78, 5) is 27.4. The number of fused-ring (bicyclic) bond motifs is 2. The minimum absolute atomic E-state index is 0.0328. The number of para-hydroxylation sites is 1. The van der Waals surface area contributed by atoms with Gasteiger partial charge in [-0.1, -0.05) is 23.7 Å². The number of nitrogens with zero attached hydrogens (tertiary/aromatic N) is 1. The maximum Gasteiger partial charge on any atom is 0.323 e. The first kappa shape index (κ1) is 18.6. The largest absolute Gasteiger partial charge is 0.493 e. The summed E-state index contributed by atoms with van der Waals surface area (Å²) in [6.45, 7) is 1.36. The fraction of sp³-hybridized carbons (Fsp3) is 0.333. The monoisotopic (exact) mass is 399 g/mol. The number of ether oxygens (including phenoxy) is 1. The van der Waals surface area contributed by atoms with Crippen LogP contribution in [0.25, 0.3) is 0 Å². The van der Waals surface area contributed by atoms with Crippen molar-refractivity contribution < 1.29 is 14.3 Å². The number of urea groups is 1. The van der Waals surface area contributed by atoms with Crippen molar-refractivity contribution in [3.8, 4) is 5.75 Å². The lowest BCUT2D eigenvalue weighted by Crippen LogP contribution is -2.45. The van der Waals surface area contributed by atoms with Gasteiger partial charge in [-0.15, -0.1) is 0 Å². The van der Waals surface area contributed by atoms with Crippen molar-refractivity contribution in [2.75, 3.05) is 23.8 Å². The van der Waals surface area contributed by atoms with Crippen LogP contribution in [0.15, 0.2) is 42.5 Å². The van der Waals surface area contributed by atoms with E-state index in [4.69, 9.17) is 16.3 Å². The average molecular weight is 400 g/mol. The molecule has 0 aromatic heterocycles. The van der Waals surface area contributed by atoms with Crippen molar-refractivity contribution in [3.05, 3.63) is 53.1 Å². The Bertz CT molecular complexity index is 902. The highest BCUT2D eigenvalue weighted by molar-refractivity contribution is 6.33. The first-order valence-corrected chi connectivity index (χ1v) is 9.90. The summed E-state index contributed by atoms with van der Waals surface area (Å²) < 4.78 is 5.83. The highest BCUT2D eigenvalue weighted by atomic mass is 35.5. The van der Waals surface area contributed by atoms with Gasteiger partial charge in [0.25, 0.3) is 5.91 Å². The van der Waals surface area contributed by atoms with Crippen LogP contribution < -0.4 is 15.4 Å². The standard InChI is InChI=1S/C21H22ClN3O3/c22-17-6-1-2-7-18(17)24-21(27)23-14-8-9-19-16(13-14)20(26)25-11-4-3-5-15(25)10-12-28-19/h1-2,6-9,13,15H,3-5,10-12H2,(H2,23,24,27). The molecular weight excluding hydrogens is 378 g/mol. The van der Waals surface area contributed by atoms with E-state index >= 15 is 0 Å². The fourth-order valence-corrected chi connectivity index (χ4v) is 3.96. The zero-order valence-electron chi connectivity index (χ0n) is 15.4. The number of piperidine rings is 1. The highest BCUT2D eigenvalue weighted by Gasteiger charge is 2.31. The molecule has 2 aliphatic rings. The maximum atomic E-state index is 13.1. The van der Waals surface area contributed by atoms with Gasteiger partial charge >= 0.3 is 6.03 Å². The number of hydrogen-bond donors (Lipinski definition) is 2. The Morgan fingerprint density at radius 3 is 2.82 bits per heavy atom. The molecule has 0 spiro atoms. The third-order valence-corrected chi connectivity index (χ3v) is 5.52. The second kappa shape index (κ2) is 8.10. The predicted octanol–water partition coefficient (Wildman–Crippen LogP) is 4.76. The third kappa shape index (κ3) is 3.92. The van der Waals surface area contributed by atoms with Crippen LogP contribution in [0.5, 0.6) is 5.75 Å². The molecule has 2 aromatic carbocycles. The zero-order valence-corrected chi connectivity index (χ0v) is 16.2. The normalized spacial score (nSPS) is 18.8. The van der Waals surface area contributed by atoms with Crippen LogP contribution in [0.4, 0.5) is 16.2 Å². The second-order valence-corrected chi connectivity index (χ2v) is 7.46. The van der Waals surface area contributed by atoms with Gasteiger partial charge in [-0.3, -0.25) is 4.79 Å². The SMILES string of the molecule is O=C(Nc1ccc2c(c1)C(=O)N1CCCCC1CCO2)Nc1ccccc1Cl. The Hall–Kier alpha value is -2.73. The molecule has 1 atom stereocenters. The number of anilines is 2. The fourth-order valence-electron chi connectivity index (χ4n) is 3.78. The van der Waals surface area contributed by atoms with Crippen LogP contribution in [-0.2, 0) is 0 Å². The zero-order chi connectivity index (χ0) is 19.5. The van der Waals surface area contributed by atoms with E-state index < -0.39 is 6.03 Å². The van der Waals surface area contributed by atoms with Gasteiger partial charge in [-0.25, -0.2) is 4.79 Å². The lowest BCUT2D eigenvalue weighted by atomic mass is 9.97. The number of carbonyl (C=O) groups is 2. The van der Waals surface area contributed by atoms with Crippen LogP contribution in [0.2, 0.25) is 5.02 Å². The van der Waals surface area contributed by atoms with Gasteiger partial charge in [0.05, 0.1) is 22.9 Å². The Balaban J connectivity index is 1.53. The molecule has 28 heavy (non-hydrogen) atoms. The van der Waals surface area contributed by atoms with Gasteiger partial charge < -0.3 is 20.3 Å². The smallest absolute Gasteiger partial charge is 0.323 e. The van der Waals surface area contributed by atoms with Gasteiger partial charge in [0.2, 0.25) is 0 Å². The molecule has 0 saturated carbocycles. The molecule has 2 heterocycles. The van der Waals surface area contributed by atoms with Crippen LogP contribution in [-0.4, -0.2) is 36.0 Å². The first-order chi connectivity index (χ1) is 13.6. The molecule has 0 aliphatic carbocycles. The molecular formula is C21H22ClN3O3. The molecule has 0 bridgehead atoms. The quantitative estimate of drug-likeness (QED) is 0.764. The molecule has 4 rings (SSSR count). The van der Waals surface area contributed by atoms with Gasteiger partial charge in [0, 0.05) is 24.7 Å². The molecule has 6 nitrogen and oxygen atoms in total. The lowest BCUT2D eigenvalue weighted by molar-refractivity contribution is 0.0548. The van der Waals surface area contributed by atoms with E-state index in [1.54, 1.807) is 42.5 Å². The number of amides is 3. The molecule has 2 aromatic rings. The van der Waals surface area contributed by atoms with Gasteiger partial charge in [-0.05, 0) is 49.6 Å². The third-order valence-electron chi connectivity index (χ3n) is 5.19. The minimum atomic E-state index is -0.428.